The van der Waals surface area contributed by atoms with Gasteiger partial charge in [0.05, 0.1) is 24.4 Å². The number of rotatable bonds is 2. The Labute approximate surface area is 144 Å². The van der Waals surface area contributed by atoms with Gasteiger partial charge in [-0.3, -0.25) is 0 Å². The number of ether oxygens (including phenoxy) is 1. The molecular weight excluding hydrogens is 318 g/mol. The second-order valence-corrected chi connectivity index (χ2v) is 6.30. The first kappa shape index (κ1) is 14.4. The van der Waals surface area contributed by atoms with Crippen molar-refractivity contribution in [2.24, 2.45) is 0 Å². The number of nitrogens with two attached hydrogens (primary N) is 1. The molecule has 0 unspecified atom stereocenters. The molecule has 2 aliphatic rings. The molecule has 25 heavy (non-hydrogen) atoms. The van der Waals surface area contributed by atoms with Crippen LogP contribution in [0.1, 0.15) is 11.7 Å². The van der Waals surface area contributed by atoms with Gasteiger partial charge in [0, 0.05) is 24.8 Å². The highest BCUT2D eigenvalue weighted by Crippen LogP contribution is 2.35. The first-order chi connectivity index (χ1) is 12.3. The number of anilines is 2. The quantitative estimate of drug-likeness (QED) is 0.753. The fourth-order valence-electron chi connectivity index (χ4n) is 3.55. The predicted octanol–water partition coefficient (Wildman–Crippen LogP) is 1.28. The van der Waals surface area contributed by atoms with Gasteiger partial charge in [0.2, 0.25) is 5.95 Å². The third kappa shape index (κ3) is 2.33. The third-order valence-electron chi connectivity index (χ3n) is 4.77. The Morgan fingerprint density at radius 1 is 1.12 bits per heavy atom. The smallest absolute Gasteiger partial charge is 0.227 e. The zero-order valence-electron chi connectivity index (χ0n) is 13.5. The number of nitrogens with zero attached hydrogens (tertiary/aromatic N) is 6. The van der Waals surface area contributed by atoms with Crippen LogP contribution in [0.15, 0.2) is 42.6 Å². The van der Waals surface area contributed by atoms with E-state index in [1.54, 1.807) is 12.3 Å². The lowest BCUT2D eigenvalue weighted by Gasteiger charge is -2.26. The number of hydrogen-bond donors (Lipinski definition) is 1. The van der Waals surface area contributed by atoms with E-state index in [4.69, 9.17) is 10.5 Å². The first-order valence-electron chi connectivity index (χ1n) is 8.24. The summed E-state index contributed by atoms with van der Waals surface area (Å²) in [5.74, 6) is 1.09. The van der Waals surface area contributed by atoms with Crippen LogP contribution in [0, 0.1) is 0 Å². The van der Waals surface area contributed by atoms with Crippen LogP contribution in [0.3, 0.4) is 0 Å². The van der Waals surface area contributed by atoms with E-state index in [9.17, 15) is 0 Å². The molecule has 0 spiro atoms. The van der Waals surface area contributed by atoms with Crippen molar-refractivity contribution in [3.63, 3.8) is 0 Å². The van der Waals surface area contributed by atoms with E-state index in [-0.39, 0.29) is 12.1 Å². The minimum atomic E-state index is 0.0443. The molecule has 1 saturated heterocycles. The molecule has 1 fully saturated rings. The van der Waals surface area contributed by atoms with Crippen molar-refractivity contribution in [1.29, 1.82) is 0 Å². The highest BCUT2D eigenvalue weighted by Gasteiger charge is 2.41. The molecule has 0 saturated carbocycles. The Hall–Kier alpha value is -3.00. The molecule has 4 heterocycles. The average molecular weight is 335 g/mol. The zero-order chi connectivity index (χ0) is 16.8. The molecule has 3 aromatic rings. The van der Waals surface area contributed by atoms with Gasteiger partial charge < -0.3 is 15.4 Å². The fourth-order valence-corrected chi connectivity index (χ4v) is 3.55. The van der Waals surface area contributed by atoms with E-state index in [1.165, 1.54) is 0 Å². The maximum absolute atomic E-state index is 6.10. The Morgan fingerprint density at radius 2 is 2.00 bits per heavy atom. The Morgan fingerprint density at radius 3 is 2.84 bits per heavy atom. The summed E-state index contributed by atoms with van der Waals surface area (Å²) in [5.41, 5.74) is 8.74. The third-order valence-corrected chi connectivity index (χ3v) is 4.77. The van der Waals surface area contributed by atoms with E-state index in [1.807, 2.05) is 35.0 Å². The molecule has 2 aromatic heterocycles. The Kier molecular flexibility index (Phi) is 3.17. The van der Waals surface area contributed by atoms with Crippen molar-refractivity contribution in [2.75, 3.05) is 23.7 Å². The largest absolute Gasteiger partial charge is 0.384 e. The highest BCUT2D eigenvalue weighted by molar-refractivity contribution is 5.61. The van der Waals surface area contributed by atoms with Crippen molar-refractivity contribution in [1.82, 2.24) is 25.0 Å². The summed E-state index contributed by atoms with van der Waals surface area (Å²) in [4.78, 5) is 10.7. The number of fused-ring (bicyclic) bond motifs is 3. The molecular formula is C17H17N7O. The maximum atomic E-state index is 6.10. The van der Waals surface area contributed by atoms with Crippen LogP contribution in [0.4, 0.5) is 11.8 Å². The van der Waals surface area contributed by atoms with Gasteiger partial charge in [0.15, 0.2) is 0 Å². The molecule has 8 nitrogen and oxygen atoms in total. The standard InChI is InChI=1S/C17H17N7O/c18-15-6-7-19-17(20-15)23-8-12-14(9-23)25-10-13-16(21-22-24(12)13)11-4-2-1-3-5-11/h1-7,12,14H,8-10H2,(H2,18,19,20)/t12-,14-/m0/s1. The van der Waals surface area contributed by atoms with Crippen LogP contribution in [0.2, 0.25) is 0 Å². The zero-order valence-corrected chi connectivity index (χ0v) is 13.5. The molecule has 126 valence electrons. The van der Waals surface area contributed by atoms with Gasteiger partial charge >= 0.3 is 0 Å². The second kappa shape index (κ2) is 5.52. The summed E-state index contributed by atoms with van der Waals surface area (Å²) in [7, 11) is 0. The summed E-state index contributed by atoms with van der Waals surface area (Å²) in [6, 6.07) is 11.9. The predicted molar refractivity (Wildman–Crippen MR) is 91.7 cm³/mol. The van der Waals surface area contributed by atoms with Crippen LogP contribution in [-0.2, 0) is 11.3 Å². The molecule has 5 rings (SSSR count). The summed E-state index contributed by atoms with van der Waals surface area (Å²) in [6.07, 6.45) is 1.72. The van der Waals surface area contributed by atoms with Crippen LogP contribution in [-0.4, -0.2) is 44.2 Å². The molecule has 2 N–H and O–H groups in total. The van der Waals surface area contributed by atoms with Gasteiger partial charge in [-0.25, -0.2) is 9.67 Å². The molecule has 0 amide bonds. The van der Waals surface area contributed by atoms with Crippen LogP contribution >= 0.6 is 0 Å². The molecule has 8 heteroatoms. The minimum absolute atomic E-state index is 0.0443. The summed E-state index contributed by atoms with van der Waals surface area (Å²) in [5, 5.41) is 8.82. The van der Waals surface area contributed by atoms with E-state index in [2.05, 4.69) is 25.2 Å². The molecule has 2 atom stereocenters. The van der Waals surface area contributed by atoms with Gasteiger partial charge in [-0.2, -0.15) is 4.98 Å². The fraction of sp³-hybridized carbons (Fsp3) is 0.294. The molecule has 2 aliphatic heterocycles. The molecule has 0 aliphatic carbocycles. The van der Waals surface area contributed by atoms with Crippen molar-refractivity contribution in [3.8, 4) is 11.3 Å². The number of aromatic nitrogens is 5. The van der Waals surface area contributed by atoms with Gasteiger partial charge in [0.1, 0.15) is 11.5 Å². The van der Waals surface area contributed by atoms with E-state index in [0.29, 0.717) is 24.9 Å². The Balaban J connectivity index is 1.47. The lowest BCUT2D eigenvalue weighted by Crippen LogP contribution is -2.32. The number of hydrogen-bond acceptors (Lipinski definition) is 7. The molecule has 1 aromatic carbocycles. The maximum Gasteiger partial charge on any atom is 0.227 e. The van der Waals surface area contributed by atoms with E-state index >= 15 is 0 Å². The van der Waals surface area contributed by atoms with Crippen molar-refractivity contribution >= 4 is 11.8 Å². The number of benzene rings is 1. The van der Waals surface area contributed by atoms with Gasteiger partial charge in [-0.15, -0.1) is 5.10 Å². The molecule has 0 bridgehead atoms. The van der Waals surface area contributed by atoms with Gasteiger partial charge in [-0.1, -0.05) is 35.5 Å². The SMILES string of the molecule is Nc1ccnc(N2C[C@@H]3OCc4c(-c5ccccc5)nnn4[C@H]3C2)n1. The molecule has 0 radical (unpaired) electrons. The van der Waals surface area contributed by atoms with Crippen molar-refractivity contribution in [2.45, 2.75) is 18.8 Å². The lowest BCUT2D eigenvalue weighted by atomic mass is 10.1. The van der Waals surface area contributed by atoms with Gasteiger partial charge in [0.25, 0.3) is 0 Å². The highest BCUT2D eigenvalue weighted by atomic mass is 16.5. The topological polar surface area (TPSA) is 95.0 Å². The minimum Gasteiger partial charge on any atom is -0.384 e. The lowest BCUT2D eigenvalue weighted by molar-refractivity contribution is -0.00227. The van der Waals surface area contributed by atoms with Crippen LogP contribution < -0.4 is 10.6 Å². The van der Waals surface area contributed by atoms with Crippen molar-refractivity contribution < 1.29 is 4.74 Å². The van der Waals surface area contributed by atoms with E-state index < -0.39 is 0 Å². The number of nitrogen functional groups attached to an aromatic ring is 1. The summed E-state index contributed by atoms with van der Waals surface area (Å²) in [6.45, 7) is 1.94. The van der Waals surface area contributed by atoms with Gasteiger partial charge in [-0.05, 0) is 6.07 Å². The van der Waals surface area contributed by atoms with Crippen LogP contribution in [0.5, 0.6) is 0 Å². The Bertz CT molecular complexity index is 910. The normalized spacial score (nSPS) is 21.8. The first-order valence-corrected chi connectivity index (χ1v) is 8.24. The van der Waals surface area contributed by atoms with Crippen LogP contribution in [0.25, 0.3) is 11.3 Å². The second-order valence-electron chi connectivity index (χ2n) is 6.30. The average Bonchev–Trinajstić information content (AvgIpc) is 3.26. The summed E-state index contributed by atoms with van der Waals surface area (Å²) >= 11 is 0. The summed E-state index contributed by atoms with van der Waals surface area (Å²) < 4.78 is 8.10. The van der Waals surface area contributed by atoms with Crippen molar-refractivity contribution in [3.05, 3.63) is 48.3 Å². The van der Waals surface area contributed by atoms with E-state index in [0.717, 1.165) is 23.5 Å². The monoisotopic (exact) mass is 335 g/mol.